The highest BCUT2D eigenvalue weighted by molar-refractivity contribution is 5.97. The summed E-state index contributed by atoms with van der Waals surface area (Å²) in [5.74, 6) is -0.293. The van der Waals surface area contributed by atoms with E-state index in [2.05, 4.69) is 0 Å². The van der Waals surface area contributed by atoms with Gasteiger partial charge < -0.3 is 9.80 Å². The Hall–Kier alpha value is -2.05. The zero-order valence-corrected chi connectivity index (χ0v) is 13.6. The fourth-order valence-corrected chi connectivity index (χ4v) is 3.46. The Kier molecular flexibility index (Phi) is 4.05. The van der Waals surface area contributed by atoms with Crippen LogP contribution in [0.25, 0.3) is 0 Å². The lowest BCUT2D eigenvalue weighted by Gasteiger charge is -2.41. The molecule has 2 amide bonds. The number of aryl methyl sites for hydroxylation is 1. The molecule has 0 N–H and O–H groups in total. The molecule has 2 aliphatic heterocycles. The van der Waals surface area contributed by atoms with Gasteiger partial charge in [-0.1, -0.05) is 6.07 Å². The van der Waals surface area contributed by atoms with Gasteiger partial charge in [-0.3, -0.25) is 9.59 Å². The third-order valence-corrected chi connectivity index (χ3v) is 4.95. The smallest absolute Gasteiger partial charge is 0.329 e. The summed E-state index contributed by atoms with van der Waals surface area (Å²) in [7, 11) is 0. The molecule has 7 heteroatoms. The third-order valence-electron chi connectivity index (χ3n) is 4.95. The summed E-state index contributed by atoms with van der Waals surface area (Å²) in [6.45, 7) is 3.94. The van der Waals surface area contributed by atoms with Crippen LogP contribution in [0.3, 0.4) is 0 Å². The molecule has 0 radical (unpaired) electrons. The lowest BCUT2D eigenvalue weighted by Crippen LogP contribution is -2.61. The zero-order valence-electron chi connectivity index (χ0n) is 13.6. The molecule has 0 saturated carbocycles. The first kappa shape index (κ1) is 16.8. The number of fused-ring (bicyclic) bond motifs is 1. The van der Waals surface area contributed by atoms with E-state index < -0.39 is 23.8 Å². The molecule has 0 aromatic heterocycles. The highest BCUT2D eigenvalue weighted by Gasteiger charge is 2.46. The predicted octanol–water partition coefficient (Wildman–Crippen LogP) is 2.74. The summed E-state index contributed by atoms with van der Waals surface area (Å²) in [6.07, 6.45) is -3.03. The van der Waals surface area contributed by atoms with E-state index in [0.717, 1.165) is 18.6 Å². The minimum absolute atomic E-state index is 0.0197. The number of carbonyl (C=O) groups excluding carboxylic acids is 2. The Morgan fingerprint density at radius 2 is 1.92 bits per heavy atom. The second-order valence-corrected chi connectivity index (χ2v) is 6.47. The van der Waals surface area contributed by atoms with Crippen LogP contribution in [0.1, 0.15) is 36.5 Å². The molecule has 0 bridgehead atoms. The van der Waals surface area contributed by atoms with Crippen molar-refractivity contribution in [2.45, 2.75) is 51.5 Å². The molecule has 24 heavy (non-hydrogen) atoms. The number of rotatable bonds is 2. The minimum atomic E-state index is -4.43. The highest BCUT2D eigenvalue weighted by atomic mass is 19.4. The van der Waals surface area contributed by atoms with Crippen LogP contribution in [-0.2, 0) is 22.3 Å². The number of nitrogens with zero attached hydrogens (tertiary/aromatic N) is 2. The third kappa shape index (κ3) is 2.76. The second kappa shape index (κ2) is 5.79. The van der Waals surface area contributed by atoms with Crippen LogP contribution in [0.2, 0.25) is 0 Å². The molecule has 0 unspecified atom stereocenters. The fourth-order valence-electron chi connectivity index (χ4n) is 3.46. The monoisotopic (exact) mass is 340 g/mol. The topological polar surface area (TPSA) is 40.6 Å². The normalized spacial score (nSPS) is 24.5. The van der Waals surface area contributed by atoms with Crippen molar-refractivity contribution in [2.75, 3.05) is 6.54 Å². The average Bonchev–Trinajstić information content (AvgIpc) is 2.99. The van der Waals surface area contributed by atoms with Gasteiger partial charge in [0, 0.05) is 13.1 Å². The molecule has 2 aliphatic rings. The molecule has 130 valence electrons. The van der Waals surface area contributed by atoms with E-state index >= 15 is 0 Å². The van der Waals surface area contributed by atoms with Gasteiger partial charge in [0.15, 0.2) is 0 Å². The van der Waals surface area contributed by atoms with Crippen molar-refractivity contribution in [1.29, 1.82) is 0 Å². The van der Waals surface area contributed by atoms with Crippen molar-refractivity contribution in [2.24, 2.45) is 0 Å². The number of alkyl halides is 3. The number of amides is 2. The lowest BCUT2D eigenvalue weighted by atomic mass is 10.0. The molecule has 2 atom stereocenters. The van der Waals surface area contributed by atoms with Crippen molar-refractivity contribution in [1.82, 2.24) is 9.80 Å². The summed E-state index contributed by atoms with van der Waals surface area (Å²) in [4.78, 5) is 28.1. The first-order valence-corrected chi connectivity index (χ1v) is 7.98. The summed E-state index contributed by atoms with van der Waals surface area (Å²) >= 11 is 0. The largest absolute Gasteiger partial charge is 0.416 e. The minimum Gasteiger partial charge on any atom is -0.329 e. The van der Waals surface area contributed by atoms with E-state index in [9.17, 15) is 22.8 Å². The molecule has 3 rings (SSSR count). The molecule has 0 aliphatic carbocycles. The summed E-state index contributed by atoms with van der Waals surface area (Å²) in [6, 6.07) is 2.40. The first-order valence-electron chi connectivity index (χ1n) is 7.98. The molecule has 0 spiro atoms. The van der Waals surface area contributed by atoms with E-state index in [1.54, 1.807) is 18.7 Å². The molecule has 1 aromatic carbocycles. The van der Waals surface area contributed by atoms with E-state index in [-0.39, 0.29) is 18.4 Å². The number of hydrogen-bond donors (Lipinski definition) is 0. The molecule has 1 aromatic rings. The van der Waals surface area contributed by atoms with Crippen LogP contribution in [0.4, 0.5) is 13.2 Å². The van der Waals surface area contributed by atoms with Crippen molar-refractivity contribution in [3.8, 4) is 0 Å². The van der Waals surface area contributed by atoms with Crippen LogP contribution in [-0.4, -0.2) is 40.2 Å². The van der Waals surface area contributed by atoms with Gasteiger partial charge in [0.2, 0.25) is 11.8 Å². The second-order valence-electron chi connectivity index (χ2n) is 6.47. The maximum atomic E-state index is 12.9. The van der Waals surface area contributed by atoms with Gasteiger partial charge in [-0.2, -0.15) is 13.2 Å². The predicted molar refractivity (Wildman–Crippen MR) is 80.9 cm³/mol. The Labute approximate surface area is 138 Å². The summed E-state index contributed by atoms with van der Waals surface area (Å²) in [5, 5.41) is 0. The van der Waals surface area contributed by atoms with Crippen LogP contribution >= 0.6 is 0 Å². The van der Waals surface area contributed by atoms with Crippen LogP contribution in [0.15, 0.2) is 18.2 Å². The Morgan fingerprint density at radius 1 is 1.21 bits per heavy atom. The SMILES string of the molecule is Cc1ccc(C(F)(F)F)cc1CN1C(=O)[C@@H]2CCCN2C(=O)[C@@H]1C. The number of benzene rings is 1. The van der Waals surface area contributed by atoms with Gasteiger partial charge in [0.05, 0.1) is 5.56 Å². The van der Waals surface area contributed by atoms with Gasteiger partial charge in [-0.05, 0) is 49.9 Å². The Balaban J connectivity index is 1.90. The van der Waals surface area contributed by atoms with Gasteiger partial charge in [0.1, 0.15) is 12.1 Å². The van der Waals surface area contributed by atoms with Gasteiger partial charge >= 0.3 is 6.18 Å². The highest BCUT2D eigenvalue weighted by Crippen LogP contribution is 2.32. The van der Waals surface area contributed by atoms with Crippen molar-refractivity contribution >= 4 is 11.8 Å². The standard InChI is InChI=1S/C17H19F3N2O2/c1-10-5-6-13(17(18,19)20)8-12(10)9-22-11(2)15(23)21-7-3-4-14(21)16(22)24/h5-6,8,11,14H,3-4,7,9H2,1-2H3/t11-,14-/m0/s1. The van der Waals surface area contributed by atoms with Gasteiger partial charge in [-0.25, -0.2) is 0 Å². The molecule has 2 saturated heterocycles. The number of hydrogen-bond acceptors (Lipinski definition) is 2. The maximum absolute atomic E-state index is 12.9. The van der Waals surface area contributed by atoms with E-state index in [0.29, 0.717) is 24.1 Å². The maximum Gasteiger partial charge on any atom is 0.416 e. The molecule has 2 fully saturated rings. The quantitative estimate of drug-likeness (QED) is 0.831. The van der Waals surface area contributed by atoms with E-state index in [1.807, 2.05) is 0 Å². The Morgan fingerprint density at radius 3 is 2.58 bits per heavy atom. The van der Waals surface area contributed by atoms with Crippen LogP contribution in [0, 0.1) is 6.92 Å². The van der Waals surface area contributed by atoms with Crippen LogP contribution in [0.5, 0.6) is 0 Å². The fraction of sp³-hybridized carbons (Fsp3) is 0.529. The molecular weight excluding hydrogens is 321 g/mol. The number of carbonyl (C=O) groups is 2. The average molecular weight is 340 g/mol. The Bertz CT molecular complexity index is 687. The van der Waals surface area contributed by atoms with Crippen LogP contribution < -0.4 is 0 Å². The summed E-state index contributed by atoms with van der Waals surface area (Å²) < 4.78 is 38.8. The molecular formula is C17H19F3N2O2. The lowest BCUT2D eigenvalue weighted by molar-refractivity contribution is -0.159. The van der Waals surface area contributed by atoms with E-state index in [1.165, 1.54) is 11.0 Å². The van der Waals surface area contributed by atoms with Gasteiger partial charge in [0.25, 0.3) is 0 Å². The van der Waals surface area contributed by atoms with Crippen molar-refractivity contribution in [3.63, 3.8) is 0 Å². The number of piperazine rings is 1. The first-order chi connectivity index (χ1) is 11.2. The number of halogens is 3. The molecule has 4 nitrogen and oxygen atoms in total. The zero-order chi connectivity index (χ0) is 17.6. The summed E-state index contributed by atoms with van der Waals surface area (Å²) in [5.41, 5.74) is 0.350. The van der Waals surface area contributed by atoms with Crippen molar-refractivity contribution in [3.05, 3.63) is 34.9 Å². The van der Waals surface area contributed by atoms with E-state index in [4.69, 9.17) is 0 Å². The van der Waals surface area contributed by atoms with Crippen molar-refractivity contribution < 1.29 is 22.8 Å². The molecule has 2 heterocycles. The van der Waals surface area contributed by atoms with Gasteiger partial charge in [-0.15, -0.1) is 0 Å².